The molecule has 1 aromatic heterocycles. The number of anilines is 2. The normalized spacial score (nSPS) is 16.8. The van der Waals surface area contributed by atoms with Gasteiger partial charge in [-0.1, -0.05) is 11.3 Å². The van der Waals surface area contributed by atoms with Crippen molar-refractivity contribution in [2.75, 3.05) is 24.3 Å². The topological polar surface area (TPSA) is 86.7 Å². The molecule has 0 amide bonds. The predicted octanol–water partition coefficient (Wildman–Crippen LogP) is 0.677. The number of thiazole rings is 1. The summed E-state index contributed by atoms with van der Waals surface area (Å²) >= 11 is 1.10. The van der Waals surface area contributed by atoms with E-state index in [2.05, 4.69) is 20.0 Å². The molecule has 7 nitrogen and oxygen atoms in total. The van der Waals surface area contributed by atoms with E-state index < -0.39 is 10.0 Å². The first-order valence-corrected chi connectivity index (χ1v) is 7.62. The monoisotopic (exact) mass is 289 g/mol. The summed E-state index contributed by atoms with van der Waals surface area (Å²) in [7, 11) is -0.0361. The van der Waals surface area contributed by atoms with Gasteiger partial charge in [0, 0.05) is 20.1 Å². The number of hydrogen-bond donors (Lipinski definition) is 2. The van der Waals surface area contributed by atoms with E-state index in [1.54, 1.807) is 4.90 Å². The Kier molecular flexibility index (Phi) is 3.20. The van der Waals surface area contributed by atoms with Crippen molar-refractivity contribution in [2.45, 2.75) is 24.1 Å². The van der Waals surface area contributed by atoms with Crippen LogP contribution in [0.15, 0.2) is 8.61 Å². The molecular weight excluding hydrogens is 274 g/mol. The first-order chi connectivity index (χ1) is 8.29. The Balaban J connectivity index is 2.41. The van der Waals surface area contributed by atoms with Gasteiger partial charge in [-0.25, -0.2) is 4.98 Å². The maximum atomic E-state index is 12.0. The van der Waals surface area contributed by atoms with Crippen LogP contribution in [0.1, 0.15) is 13.8 Å². The molecule has 9 heteroatoms. The van der Waals surface area contributed by atoms with Gasteiger partial charge in [0.2, 0.25) is 5.96 Å². The molecule has 1 aliphatic rings. The van der Waals surface area contributed by atoms with Crippen LogP contribution in [0, 0.1) is 0 Å². The zero-order chi connectivity index (χ0) is 13.5. The number of aromatic nitrogens is 1. The van der Waals surface area contributed by atoms with Crippen LogP contribution in [0.2, 0.25) is 0 Å². The van der Waals surface area contributed by atoms with Crippen LogP contribution < -0.4 is 15.5 Å². The summed E-state index contributed by atoms with van der Waals surface area (Å²) in [6, 6.07) is 0.0833. The van der Waals surface area contributed by atoms with Crippen molar-refractivity contribution >= 4 is 38.3 Å². The summed E-state index contributed by atoms with van der Waals surface area (Å²) in [5.41, 5.74) is 0. The molecule has 2 N–H and O–H groups in total. The summed E-state index contributed by atoms with van der Waals surface area (Å²) in [6.45, 7) is 3.80. The lowest BCUT2D eigenvalue weighted by Gasteiger charge is -2.16. The van der Waals surface area contributed by atoms with E-state index in [1.165, 1.54) is 0 Å². The number of nitrogens with one attached hydrogen (secondary N) is 2. The number of hydrogen-bond acceptors (Lipinski definition) is 7. The molecule has 0 fully saturated rings. The molecular formula is C9H15N5O2S2. The summed E-state index contributed by atoms with van der Waals surface area (Å²) < 4.78 is 27.8. The van der Waals surface area contributed by atoms with Gasteiger partial charge < -0.3 is 15.5 Å². The number of guanidine groups is 1. The van der Waals surface area contributed by atoms with Crippen LogP contribution in [0.3, 0.4) is 0 Å². The highest BCUT2D eigenvalue weighted by Crippen LogP contribution is 2.35. The van der Waals surface area contributed by atoms with Gasteiger partial charge in [0.15, 0.2) is 15.2 Å². The predicted molar refractivity (Wildman–Crippen MR) is 73.0 cm³/mol. The highest BCUT2D eigenvalue weighted by molar-refractivity contribution is 7.92. The van der Waals surface area contributed by atoms with Gasteiger partial charge in [-0.05, 0) is 13.8 Å². The van der Waals surface area contributed by atoms with Crippen molar-refractivity contribution in [3.8, 4) is 0 Å². The summed E-state index contributed by atoms with van der Waals surface area (Å²) in [6.07, 6.45) is 0. The van der Waals surface area contributed by atoms with Crippen LogP contribution in [0.4, 0.5) is 10.9 Å². The van der Waals surface area contributed by atoms with E-state index in [4.69, 9.17) is 0 Å². The second-order valence-electron chi connectivity index (χ2n) is 4.37. The number of fused-ring (bicyclic) bond motifs is 1. The molecule has 0 saturated carbocycles. The lowest BCUT2D eigenvalue weighted by Crippen LogP contribution is -2.38. The minimum absolute atomic E-state index is 0.0833. The van der Waals surface area contributed by atoms with Gasteiger partial charge in [0.25, 0.3) is 10.0 Å². The zero-order valence-electron chi connectivity index (χ0n) is 10.6. The van der Waals surface area contributed by atoms with Gasteiger partial charge in [-0.15, -0.1) is 4.40 Å². The first-order valence-electron chi connectivity index (χ1n) is 5.36. The largest absolute Gasteiger partial charge is 0.354 e. The van der Waals surface area contributed by atoms with E-state index in [0.717, 1.165) is 11.3 Å². The molecule has 1 aliphatic heterocycles. The van der Waals surface area contributed by atoms with Crippen LogP contribution in [0.5, 0.6) is 0 Å². The van der Waals surface area contributed by atoms with Gasteiger partial charge >= 0.3 is 0 Å². The van der Waals surface area contributed by atoms with Crippen molar-refractivity contribution in [2.24, 2.45) is 4.40 Å². The van der Waals surface area contributed by atoms with Gasteiger partial charge in [0.05, 0.1) is 0 Å². The number of sulfonamides is 1. The lowest BCUT2D eigenvalue weighted by molar-refractivity contribution is 0.598. The van der Waals surface area contributed by atoms with Crippen molar-refractivity contribution in [3.05, 3.63) is 0 Å². The van der Waals surface area contributed by atoms with Crippen LogP contribution in [-0.4, -0.2) is 39.5 Å². The SMILES string of the molecule is CC(C)NC1=NS(=O)(=O)c2sc(N(C)C)nc2N1. The average molecular weight is 289 g/mol. The minimum Gasteiger partial charge on any atom is -0.354 e. The molecule has 1 aromatic rings. The van der Waals surface area contributed by atoms with Gasteiger partial charge in [-0.3, -0.25) is 0 Å². The third-order valence-electron chi connectivity index (χ3n) is 2.08. The summed E-state index contributed by atoms with van der Waals surface area (Å²) in [4.78, 5) is 6.00. The Morgan fingerprint density at radius 1 is 1.39 bits per heavy atom. The van der Waals surface area contributed by atoms with Crippen molar-refractivity contribution in [3.63, 3.8) is 0 Å². The zero-order valence-corrected chi connectivity index (χ0v) is 12.2. The van der Waals surface area contributed by atoms with Gasteiger partial charge in [0.1, 0.15) is 0 Å². The molecule has 0 unspecified atom stereocenters. The molecule has 0 spiro atoms. The first kappa shape index (κ1) is 13.1. The highest BCUT2D eigenvalue weighted by Gasteiger charge is 2.30. The highest BCUT2D eigenvalue weighted by atomic mass is 32.2. The van der Waals surface area contributed by atoms with Gasteiger partial charge in [-0.2, -0.15) is 8.42 Å². The smallest absolute Gasteiger partial charge is 0.298 e. The average Bonchev–Trinajstić information content (AvgIpc) is 2.59. The Morgan fingerprint density at radius 2 is 2.06 bits per heavy atom. The molecule has 100 valence electrons. The van der Waals surface area contributed by atoms with E-state index >= 15 is 0 Å². The van der Waals surface area contributed by atoms with E-state index in [0.29, 0.717) is 10.9 Å². The summed E-state index contributed by atoms with van der Waals surface area (Å²) in [5.74, 6) is 0.551. The molecule has 18 heavy (non-hydrogen) atoms. The number of rotatable bonds is 2. The second-order valence-corrected chi connectivity index (χ2v) is 7.14. The Hall–Kier alpha value is -1.35. The van der Waals surface area contributed by atoms with Crippen molar-refractivity contribution in [1.82, 2.24) is 10.3 Å². The standard InChI is InChI=1S/C9H15N5O2S2/c1-5(2)10-8-11-6-7(18(15,16)13-8)17-9(12-6)14(3)4/h5H,1-4H3,(H2,10,11,13). The lowest BCUT2D eigenvalue weighted by atomic mass is 10.4. The van der Waals surface area contributed by atoms with Crippen molar-refractivity contribution in [1.29, 1.82) is 0 Å². The molecule has 0 aliphatic carbocycles. The van der Waals surface area contributed by atoms with E-state index in [-0.39, 0.29) is 16.2 Å². The molecule has 0 aromatic carbocycles. The molecule has 0 radical (unpaired) electrons. The van der Waals surface area contributed by atoms with E-state index in [1.807, 2.05) is 27.9 Å². The third kappa shape index (κ3) is 2.41. The maximum absolute atomic E-state index is 12.0. The molecule has 0 bridgehead atoms. The van der Waals surface area contributed by atoms with E-state index in [9.17, 15) is 8.42 Å². The Morgan fingerprint density at radius 3 is 2.61 bits per heavy atom. The fraction of sp³-hybridized carbons (Fsp3) is 0.556. The van der Waals surface area contributed by atoms with Crippen LogP contribution >= 0.6 is 11.3 Å². The second kappa shape index (κ2) is 4.39. The number of nitrogens with zero attached hydrogens (tertiary/aromatic N) is 3. The summed E-state index contributed by atoms with van der Waals surface area (Å²) in [5, 5.41) is 6.44. The fourth-order valence-corrected chi connectivity index (χ4v) is 3.57. The third-order valence-corrected chi connectivity index (χ3v) is 5.06. The van der Waals surface area contributed by atoms with Crippen molar-refractivity contribution < 1.29 is 8.42 Å². The molecule has 0 saturated heterocycles. The molecule has 0 atom stereocenters. The van der Waals surface area contributed by atoms with Crippen LogP contribution in [-0.2, 0) is 10.0 Å². The minimum atomic E-state index is -3.66. The van der Waals surface area contributed by atoms with Crippen LogP contribution in [0.25, 0.3) is 0 Å². The molecule has 2 heterocycles. The Labute approximate surface area is 110 Å². The Bertz CT molecular complexity index is 588. The molecule has 2 rings (SSSR count). The maximum Gasteiger partial charge on any atom is 0.298 e. The quantitative estimate of drug-likeness (QED) is 0.832. The fourth-order valence-electron chi connectivity index (χ4n) is 1.37.